The van der Waals surface area contributed by atoms with Crippen molar-refractivity contribution in [1.29, 1.82) is 5.41 Å². The number of nitrogens with zero attached hydrogens (tertiary/aromatic N) is 6. The van der Waals surface area contributed by atoms with Gasteiger partial charge in [-0.3, -0.25) is 4.68 Å². The van der Waals surface area contributed by atoms with E-state index in [2.05, 4.69) is 25.1 Å². The number of imidazole rings is 1. The highest BCUT2D eigenvalue weighted by Gasteiger charge is 2.15. The normalized spacial score (nSPS) is 11.4. The Morgan fingerprint density at radius 2 is 2.00 bits per heavy atom. The van der Waals surface area contributed by atoms with Gasteiger partial charge >= 0.3 is 5.68 Å². The van der Waals surface area contributed by atoms with Gasteiger partial charge in [-0.15, -0.1) is 5.10 Å². The molecule has 0 amide bonds. The molecule has 6 rings (SSSR count). The second kappa shape index (κ2) is 8.58. The minimum atomic E-state index is -0.427. The summed E-state index contributed by atoms with van der Waals surface area (Å²) in [7, 11) is 1.83. The van der Waals surface area contributed by atoms with Crippen molar-refractivity contribution < 1.29 is 8.81 Å². The van der Waals surface area contributed by atoms with Crippen molar-refractivity contribution in [3.05, 3.63) is 89.2 Å². The van der Waals surface area contributed by atoms with E-state index in [9.17, 15) is 0 Å². The van der Waals surface area contributed by atoms with Gasteiger partial charge in [0.25, 0.3) is 0 Å². The van der Waals surface area contributed by atoms with Crippen LogP contribution in [0.5, 0.6) is 0 Å². The third-order valence-corrected chi connectivity index (χ3v) is 6.00. The number of hydrogen-bond donors (Lipinski definition) is 2. The van der Waals surface area contributed by atoms with Gasteiger partial charge in [-0.2, -0.15) is 5.10 Å². The lowest BCUT2D eigenvalue weighted by Gasteiger charge is -2.07. The number of aryl methyl sites for hydroxylation is 1. The van der Waals surface area contributed by atoms with E-state index in [0.717, 1.165) is 11.1 Å². The quantitative estimate of drug-likeness (QED) is 0.353. The molecule has 0 aliphatic rings. The van der Waals surface area contributed by atoms with Crippen molar-refractivity contribution in [2.75, 3.05) is 0 Å². The summed E-state index contributed by atoms with van der Waals surface area (Å²) < 4.78 is 23.7. The molecule has 9 nitrogen and oxygen atoms in total. The van der Waals surface area contributed by atoms with E-state index >= 15 is 4.39 Å². The molecule has 2 N–H and O–H groups in total. The highest BCUT2D eigenvalue weighted by Crippen LogP contribution is 2.30. The maximum absolute atomic E-state index is 15.2. The molecule has 0 saturated heterocycles. The number of H-pyrrole nitrogens is 1. The molecule has 6 aromatic rings. The Kier molecular flexibility index (Phi) is 5.23. The van der Waals surface area contributed by atoms with Crippen LogP contribution < -0.4 is 5.68 Å². The lowest BCUT2D eigenvalue weighted by atomic mass is 10.0. The molecule has 0 aliphatic carbocycles. The number of nitrogens with one attached hydrogen (secondary N) is 2. The Balaban J connectivity index is 1.32. The van der Waals surface area contributed by atoms with Gasteiger partial charge < -0.3 is 9.40 Å². The van der Waals surface area contributed by atoms with Gasteiger partial charge in [0.15, 0.2) is 5.65 Å². The number of benzene rings is 2. The Morgan fingerprint density at radius 1 is 1.11 bits per heavy atom. The van der Waals surface area contributed by atoms with Gasteiger partial charge in [0.05, 0.1) is 23.8 Å². The number of aromatic nitrogens is 7. The summed E-state index contributed by atoms with van der Waals surface area (Å²) in [6.07, 6.45) is 5.21. The summed E-state index contributed by atoms with van der Waals surface area (Å²) in [6, 6.07) is 13.7. The molecule has 11 heteroatoms. The van der Waals surface area contributed by atoms with E-state index in [4.69, 9.17) is 21.4 Å². The van der Waals surface area contributed by atoms with Gasteiger partial charge in [0.1, 0.15) is 11.6 Å². The monoisotopic (exact) mass is 500 g/mol. The lowest BCUT2D eigenvalue weighted by molar-refractivity contribution is 0.461. The van der Waals surface area contributed by atoms with Crippen LogP contribution in [0.4, 0.5) is 4.39 Å². The fourth-order valence-corrected chi connectivity index (χ4v) is 4.19. The van der Waals surface area contributed by atoms with Crippen molar-refractivity contribution >= 4 is 22.8 Å². The fraction of sp³-hybridized carbons (Fsp3) is 0.0800. The van der Waals surface area contributed by atoms with Crippen LogP contribution in [0.1, 0.15) is 5.56 Å². The first-order valence-corrected chi connectivity index (χ1v) is 11.3. The molecule has 0 atom stereocenters. The van der Waals surface area contributed by atoms with Gasteiger partial charge in [0.2, 0.25) is 5.89 Å². The molecule has 2 aromatic carbocycles. The molecule has 0 unspecified atom stereocenters. The highest BCUT2D eigenvalue weighted by molar-refractivity contribution is 6.30. The molecular weight excluding hydrogens is 483 g/mol. The summed E-state index contributed by atoms with van der Waals surface area (Å²) in [6.45, 7) is 0.0377. The average molecular weight is 501 g/mol. The zero-order valence-corrected chi connectivity index (χ0v) is 19.7. The molecule has 178 valence electrons. The topological polar surface area (TPSA) is 114 Å². The summed E-state index contributed by atoms with van der Waals surface area (Å²) in [5.74, 6) is 0.446. The molecule has 0 radical (unpaired) electrons. The number of halogens is 2. The SMILES string of the molecule is Cn1cc(-c2nc3nccc(-c4ccc(Cn5nc(-c6cccc(Cl)c6)oc5=N)c(F)c4)c3[nH]2)cn1. The van der Waals surface area contributed by atoms with Crippen LogP contribution in [-0.4, -0.2) is 34.5 Å². The van der Waals surface area contributed by atoms with E-state index in [1.807, 2.05) is 25.4 Å². The van der Waals surface area contributed by atoms with Gasteiger partial charge in [-0.05, 0) is 35.9 Å². The van der Waals surface area contributed by atoms with Crippen molar-refractivity contribution in [3.63, 3.8) is 0 Å². The second-order valence-electron chi connectivity index (χ2n) is 8.23. The van der Waals surface area contributed by atoms with Crippen LogP contribution in [0.3, 0.4) is 0 Å². The largest absolute Gasteiger partial charge is 0.404 e. The predicted octanol–water partition coefficient (Wildman–Crippen LogP) is 4.80. The van der Waals surface area contributed by atoms with Crippen molar-refractivity contribution in [1.82, 2.24) is 34.5 Å². The zero-order valence-electron chi connectivity index (χ0n) is 18.9. The summed E-state index contributed by atoms with van der Waals surface area (Å²) >= 11 is 6.04. The fourth-order valence-electron chi connectivity index (χ4n) is 4.00. The Labute approximate surface area is 208 Å². The number of rotatable bonds is 5. The van der Waals surface area contributed by atoms with Gasteiger partial charge in [-0.1, -0.05) is 29.8 Å². The maximum atomic E-state index is 15.2. The average Bonchev–Trinajstić information content (AvgIpc) is 3.58. The minimum Gasteiger partial charge on any atom is -0.404 e. The van der Waals surface area contributed by atoms with E-state index in [0.29, 0.717) is 38.7 Å². The number of aromatic amines is 1. The second-order valence-corrected chi connectivity index (χ2v) is 8.67. The Bertz CT molecular complexity index is 1800. The van der Waals surface area contributed by atoms with Crippen molar-refractivity contribution in [3.8, 4) is 34.0 Å². The Morgan fingerprint density at radius 3 is 2.78 bits per heavy atom. The summed E-state index contributed by atoms with van der Waals surface area (Å²) in [4.78, 5) is 12.2. The third kappa shape index (κ3) is 3.97. The van der Waals surface area contributed by atoms with E-state index in [-0.39, 0.29) is 18.1 Å². The summed E-state index contributed by atoms with van der Waals surface area (Å²) in [5, 5.41) is 17.1. The van der Waals surface area contributed by atoms with Crippen LogP contribution in [-0.2, 0) is 13.6 Å². The highest BCUT2D eigenvalue weighted by atomic mass is 35.5. The molecule has 36 heavy (non-hydrogen) atoms. The first-order valence-electron chi connectivity index (χ1n) is 11.0. The minimum absolute atomic E-state index is 0.0377. The lowest BCUT2D eigenvalue weighted by Crippen LogP contribution is -2.17. The van der Waals surface area contributed by atoms with Crippen LogP contribution in [0.15, 0.2) is 71.5 Å². The number of hydrogen-bond acceptors (Lipinski definition) is 6. The van der Waals surface area contributed by atoms with E-state index < -0.39 is 5.82 Å². The predicted molar refractivity (Wildman–Crippen MR) is 131 cm³/mol. The summed E-state index contributed by atoms with van der Waals surface area (Å²) in [5.41, 5.74) is 4.31. The van der Waals surface area contributed by atoms with Crippen molar-refractivity contribution in [2.24, 2.45) is 7.05 Å². The van der Waals surface area contributed by atoms with Crippen LogP contribution in [0.25, 0.3) is 45.1 Å². The maximum Gasteiger partial charge on any atom is 0.312 e. The first kappa shape index (κ1) is 21.9. The van der Waals surface area contributed by atoms with Gasteiger partial charge in [-0.25, -0.2) is 24.4 Å². The van der Waals surface area contributed by atoms with E-state index in [1.165, 1.54) is 10.7 Å². The zero-order chi connectivity index (χ0) is 24.8. The standard InChI is InChI=1S/C25H18ClFN8O/c1-34-12-17(11-30-34)22-31-21-19(7-8-29-23(21)32-22)14-5-6-16(20(27)10-14)13-35-25(28)36-24(33-35)15-3-2-4-18(26)9-15/h2-12,28H,13H2,1H3,(H,29,31,32). The van der Waals surface area contributed by atoms with Crippen LogP contribution >= 0.6 is 11.6 Å². The molecule has 0 fully saturated rings. The molecule has 0 aliphatic heterocycles. The van der Waals surface area contributed by atoms with Crippen LogP contribution in [0, 0.1) is 11.2 Å². The van der Waals surface area contributed by atoms with Crippen molar-refractivity contribution in [2.45, 2.75) is 6.54 Å². The molecular formula is C25H18ClFN8O. The molecule has 4 aromatic heterocycles. The van der Waals surface area contributed by atoms with Gasteiger partial charge in [0, 0.05) is 41.2 Å². The molecule has 0 bridgehead atoms. The molecule has 0 saturated carbocycles. The molecule has 0 spiro atoms. The van der Waals surface area contributed by atoms with Crippen LogP contribution in [0.2, 0.25) is 5.02 Å². The number of fused-ring (bicyclic) bond motifs is 1. The smallest absolute Gasteiger partial charge is 0.312 e. The first-order chi connectivity index (χ1) is 17.4. The number of pyridine rings is 1. The van der Waals surface area contributed by atoms with E-state index in [1.54, 1.807) is 47.4 Å². The third-order valence-electron chi connectivity index (χ3n) is 5.77. The Hall–Kier alpha value is -4.57. The molecule has 4 heterocycles.